The van der Waals surface area contributed by atoms with Crippen molar-refractivity contribution in [3.05, 3.63) is 71.2 Å². The van der Waals surface area contributed by atoms with Crippen molar-refractivity contribution in [3.63, 3.8) is 0 Å². The monoisotopic (exact) mass is 475 g/mol. The molecule has 9 nitrogen and oxygen atoms in total. The van der Waals surface area contributed by atoms with Crippen LogP contribution in [0.4, 0.5) is 5.82 Å². The van der Waals surface area contributed by atoms with E-state index in [4.69, 9.17) is 11.5 Å². The van der Waals surface area contributed by atoms with Crippen molar-refractivity contribution in [1.29, 1.82) is 0 Å². The third-order valence-electron chi connectivity index (χ3n) is 4.97. The summed E-state index contributed by atoms with van der Waals surface area (Å²) in [5, 5.41) is 3.72. The smallest absolute Gasteiger partial charge is 0.333 e. The number of amides is 1. The Bertz CT molecular complexity index is 1210. The van der Waals surface area contributed by atoms with E-state index in [9.17, 15) is 19.2 Å². The van der Waals surface area contributed by atoms with Crippen LogP contribution in [0, 0.1) is 0 Å². The van der Waals surface area contributed by atoms with Gasteiger partial charge in [-0.25, -0.2) is 4.79 Å². The predicted octanol–water partition coefficient (Wildman–Crippen LogP) is 1.19. The second kappa shape index (κ2) is 10.1. The molecule has 0 saturated heterocycles. The van der Waals surface area contributed by atoms with Crippen LogP contribution in [0.3, 0.4) is 0 Å². The van der Waals surface area contributed by atoms with Gasteiger partial charge in [0.15, 0.2) is 5.78 Å². The Morgan fingerprint density at radius 2 is 1.56 bits per heavy atom. The van der Waals surface area contributed by atoms with Crippen LogP contribution in [0.1, 0.15) is 34.0 Å². The number of nitrogen functional groups attached to an aromatic ring is 1. The van der Waals surface area contributed by atoms with Crippen molar-refractivity contribution >= 4 is 40.2 Å². The Morgan fingerprint density at radius 1 is 1.00 bits per heavy atom. The molecule has 0 unspecified atom stereocenters. The van der Waals surface area contributed by atoms with Crippen LogP contribution in [0.25, 0.3) is 0 Å². The van der Waals surface area contributed by atoms with Gasteiger partial charge in [-0.15, -0.1) is 22.7 Å². The van der Waals surface area contributed by atoms with Gasteiger partial charge in [-0.1, -0.05) is 12.1 Å². The zero-order valence-corrected chi connectivity index (χ0v) is 19.4. The van der Waals surface area contributed by atoms with Gasteiger partial charge in [0, 0.05) is 15.8 Å². The molecule has 0 aromatic carbocycles. The average molecular weight is 476 g/mol. The van der Waals surface area contributed by atoms with Gasteiger partial charge in [-0.05, 0) is 36.7 Å². The largest absolute Gasteiger partial charge is 0.384 e. The molecule has 0 aliphatic carbocycles. The summed E-state index contributed by atoms with van der Waals surface area (Å²) in [5.74, 6) is -1.33. The summed E-state index contributed by atoms with van der Waals surface area (Å²) in [5.41, 5.74) is 9.95. The number of ketones is 1. The standard InChI is InChI=1S/C21H25N5O4S2/c1-13(2)24(12-17(22)28)11-16(27)18-19(23)25(9-14-5-3-7-31-14)21(30)26(20(18)29)10-15-6-4-8-32-15/h3-8,13H,9-12,23H2,1-2H3,(H2,22,28). The van der Waals surface area contributed by atoms with Gasteiger partial charge >= 0.3 is 5.69 Å². The van der Waals surface area contributed by atoms with E-state index < -0.39 is 22.9 Å². The van der Waals surface area contributed by atoms with Gasteiger partial charge in [-0.3, -0.25) is 28.4 Å². The molecule has 0 spiro atoms. The maximum absolute atomic E-state index is 13.3. The molecule has 0 bridgehead atoms. The molecule has 0 aliphatic heterocycles. The topological polar surface area (TPSA) is 133 Å². The van der Waals surface area contributed by atoms with E-state index in [1.807, 2.05) is 48.9 Å². The minimum absolute atomic E-state index is 0.0372. The number of primary amides is 1. The number of carbonyl (C=O) groups is 2. The lowest BCUT2D eigenvalue weighted by atomic mass is 10.1. The molecule has 0 atom stereocenters. The first-order valence-corrected chi connectivity index (χ1v) is 11.7. The molecule has 4 N–H and O–H groups in total. The lowest BCUT2D eigenvalue weighted by Gasteiger charge is -2.24. The second-order valence-electron chi connectivity index (χ2n) is 7.57. The summed E-state index contributed by atoms with van der Waals surface area (Å²) >= 11 is 2.85. The number of nitrogens with zero attached hydrogens (tertiary/aromatic N) is 3. The van der Waals surface area contributed by atoms with Gasteiger partial charge < -0.3 is 11.5 Å². The van der Waals surface area contributed by atoms with Crippen LogP contribution < -0.4 is 22.7 Å². The first-order valence-electron chi connectivity index (χ1n) is 9.92. The van der Waals surface area contributed by atoms with Gasteiger partial charge in [0.2, 0.25) is 5.91 Å². The van der Waals surface area contributed by atoms with Gasteiger partial charge in [-0.2, -0.15) is 0 Å². The van der Waals surface area contributed by atoms with Crippen LogP contribution in [-0.2, 0) is 17.9 Å². The third-order valence-corrected chi connectivity index (χ3v) is 6.69. The number of thiophene rings is 2. The minimum atomic E-state index is -0.740. The number of hydrogen-bond donors (Lipinski definition) is 2. The Kier molecular flexibility index (Phi) is 7.44. The summed E-state index contributed by atoms with van der Waals surface area (Å²) in [6.45, 7) is 3.44. The van der Waals surface area contributed by atoms with Crippen LogP contribution in [0.2, 0.25) is 0 Å². The lowest BCUT2D eigenvalue weighted by molar-refractivity contribution is -0.119. The van der Waals surface area contributed by atoms with Crippen molar-refractivity contribution in [2.24, 2.45) is 5.73 Å². The molecular formula is C21H25N5O4S2. The van der Waals surface area contributed by atoms with E-state index >= 15 is 0 Å². The molecule has 11 heteroatoms. The number of hydrogen-bond acceptors (Lipinski definition) is 8. The Morgan fingerprint density at radius 3 is 2.03 bits per heavy atom. The number of nitrogens with two attached hydrogens (primary N) is 2. The summed E-state index contributed by atoms with van der Waals surface area (Å²) in [6, 6.07) is 7.16. The van der Waals surface area contributed by atoms with E-state index in [-0.39, 0.29) is 43.6 Å². The van der Waals surface area contributed by atoms with Crippen LogP contribution in [-0.4, -0.2) is 44.9 Å². The zero-order valence-electron chi connectivity index (χ0n) is 17.8. The summed E-state index contributed by atoms with van der Waals surface area (Å²) in [6.07, 6.45) is 0. The van der Waals surface area contributed by atoms with E-state index in [0.29, 0.717) is 0 Å². The SMILES string of the molecule is CC(C)N(CC(N)=O)CC(=O)c1c(N)n(Cc2cccs2)c(=O)n(Cc2cccs2)c1=O. The van der Waals surface area contributed by atoms with Crippen molar-refractivity contribution < 1.29 is 9.59 Å². The second-order valence-corrected chi connectivity index (χ2v) is 9.63. The quantitative estimate of drug-likeness (QED) is 0.423. The lowest BCUT2D eigenvalue weighted by Crippen LogP contribution is -2.47. The maximum Gasteiger partial charge on any atom is 0.333 e. The first kappa shape index (κ1) is 23.6. The van der Waals surface area contributed by atoms with Crippen molar-refractivity contribution in [3.8, 4) is 0 Å². The highest BCUT2D eigenvalue weighted by Gasteiger charge is 2.26. The molecule has 3 heterocycles. The average Bonchev–Trinajstić information content (AvgIpc) is 3.41. The molecule has 0 saturated carbocycles. The fourth-order valence-corrected chi connectivity index (χ4v) is 4.66. The van der Waals surface area contributed by atoms with Gasteiger partial charge in [0.1, 0.15) is 11.4 Å². The number of carbonyl (C=O) groups excluding carboxylic acids is 2. The maximum atomic E-state index is 13.3. The Hall–Kier alpha value is -3.02. The highest BCUT2D eigenvalue weighted by atomic mass is 32.1. The fourth-order valence-electron chi connectivity index (χ4n) is 3.27. The fraction of sp³-hybridized carbons (Fsp3) is 0.333. The number of Topliss-reactive ketones (excluding diaryl/α,β-unsaturated/α-hetero) is 1. The molecular weight excluding hydrogens is 450 g/mol. The van der Waals surface area contributed by atoms with E-state index in [2.05, 4.69) is 0 Å². The Balaban J connectivity index is 2.11. The summed E-state index contributed by atoms with van der Waals surface area (Å²) < 4.78 is 2.29. The molecule has 3 rings (SSSR count). The summed E-state index contributed by atoms with van der Waals surface area (Å²) in [7, 11) is 0. The molecule has 0 radical (unpaired) electrons. The molecule has 0 fully saturated rings. The molecule has 170 valence electrons. The van der Waals surface area contributed by atoms with E-state index in [1.54, 1.807) is 4.90 Å². The van der Waals surface area contributed by atoms with Crippen molar-refractivity contribution in [2.75, 3.05) is 18.8 Å². The normalized spacial score (nSPS) is 11.4. The summed E-state index contributed by atoms with van der Waals surface area (Å²) in [4.78, 5) is 54.3. The van der Waals surface area contributed by atoms with Crippen LogP contribution >= 0.6 is 22.7 Å². The third kappa shape index (κ3) is 5.23. The zero-order chi connectivity index (χ0) is 23.4. The highest BCUT2D eigenvalue weighted by molar-refractivity contribution is 7.10. The van der Waals surface area contributed by atoms with Crippen molar-refractivity contribution in [2.45, 2.75) is 33.0 Å². The van der Waals surface area contributed by atoms with Crippen LogP contribution in [0.5, 0.6) is 0 Å². The Labute approximate surface area is 192 Å². The molecule has 3 aromatic rings. The molecule has 32 heavy (non-hydrogen) atoms. The number of rotatable bonds is 10. The van der Waals surface area contributed by atoms with Gasteiger partial charge in [0.05, 0.1) is 26.2 Å². The van der Waals surface area contributed by atoms with E-state index in [0.717, 1.165) is 14.3 Å². The molecule has 0 aliphatic rings. The molecule has 1 amide bonds. The number of aromatic nitrogens is 2. The van der Waals surface area contributed by atoms with Crippen molar-refractivity contribution in [1.82, 2.24) is 14.0 Å². The van der Waals surface area contributed by atoms with Gasteiger partial charge in [0.25, 0.3) is 5.56 Å². The van der Waals surface area contributed by atoms with E-state index in [1.165, 1.54) is 27.2 Å². The number of anilines is 1. The minimum Gasteiger partial charge on any atom is -0.384 e. The van der Waals surface area contributed by atoms with Crippen LogP contribution in [0.15, 0.2) is 44.6 Å². The predicted molar refractivity (Wildman–Crippen MR) is 126 cm³/mol. The molecule has 3 aromatic heterocycles. The highest BCUT2D eigenvalue weighted by Crippen LogP contribution is 2.15. The first-order chi connectivity index (χ1) is 15.2.